The van der Waals surface area contributed by atoms with Crippen LogP contribution in [0, 0.1) is 0 Å². The monoisotopic (exact) mass is 375 g/mol. The number of benzene rings is 1. The molecule has 0 radical (unpaired) electrons. The molecule has 148 valence electrons. The second-order valence-electron chi connectivity index (χ2n) is 7.98. The molecular formula is C20H29N3O4. The van der Waals surface area contributed by atoms with Crippen LogP contribution in [0.2, 0.25) is 0 Å². The largest absolute Gasteiger partial charge is 0.492 e. The maximum atomic E-state index is 12.5. The van der Waals surface area contributed by atoms with Gasteiger partial charge in [-0.1, -0.05) is 12.1 Å². The third-order valence-electron chi connectivity index (χ3n) is 5.03. The number of carbonyl (C=O) groups is 2. The van der Waals surface area contributed by atoms with Crippen LogP contribution in [-0.2, 0) is 9.53 Å². The lowest BCUT2D eigenvalue weighted by Crippen LogP contribution is -2.51. The van der Waals surface area contributed by atoms with Crippen molar-refractivity contribution in [1.29, 1.82) is 0 Å². The first-order valence-electron chi connectivity index (χ1n) is 9.51. The lowest BCUT2D eigenvalue weighted by Gasteiger charge is -2.36. The summed E-state index contributed by atoms with van der Waals surface area (Å²) in [5, 5.41) is 3.13. The number of ether oxygens (including phenoxy) is 2. The first kappa shape index (κ1) is 19.8. The molecule has 27 heavy (non-hydrogen) atoms. The fourth-order valence-electron chi connectivity index (χ4n) is 3.56. The Morgan fingerprint density at radius 1 is 1.33 bits per heavy atom. The molecule has 0 aliphatic carbocycles. The van der Waals surface area contributed by atoms with Crippen molar-refractivity contribution in [1.82, 2.24) is 16.2 Å². The molecular weight excluding hydrogens is 346 g/mol. The van der Waals surface area contributed by atoms with Gasteiger partial charge >= 0.3 is 0 Å². The summed E-state index contributed by atoms with van der Waals surface area (Å²) in [6.07, 6.45) is 2.30. The Kier molecular flexibility index (Phi) is 6.14. The van der Waals surface area contributed by atoms with Crippen LogP contribution in [0.1, 0.15) is 50.4 Å². The zero-order chi connectivity index (χ0) is 19.4. The number of Topliss-reactive ketones (excluding diaryl/α,β-unsaturated/α-hetero) is 1. The van der Waals surface area contributed by atoms with Crippen LogP contribution in [0.5, 0.6) is 5.75 Å². The third-order valence-corrected chi connectivity index (χ3v) is 5.03. The molecule has 2 fully saturated rings. The number of hydrogen-bond donors (Lipinski definition) is 3. The maximum absolute atomic E-state index is 12.5. The van der Waals surface area contributed by atoms with Crippen molar-refractivity contribution in [3.63, 3.8) is 0 Å². The lowest BCUT2D eigenvalue weighted by molar-refractivity contribution is -0.125. The zero-order valence-corrected chi connectivity index (χ0v) is 16.2. The Morgan fingerprint density at radius 3 is 2.89 bits per heavy atom. The van der Waals surface area contributed by atoms with Crippen LogP contribution in [-0.4, -0.2) is 48.6 Å². The number of ketones is 1. The van der Waals surface area contributed by atoms with Crippen molar-refractivity contribution in [2.45, 2.75) is 63.8 Å². The summed E-state index contributed by atoms with van der Waals surface area (Å²) in [6, 6.07) is 7.02. The molecule has 1 aromatic rings. The van der Waals surface area contributed by atoms with Crippen LogP contribution >= 0.6 is 0 Å². The Morgan fingerprint density at radius 2 is 2.15 bits per heavy atom. The van der Waals surface area contributed by atoms with Gasteiger partial charge in [0.15, 0.2) is 5.78 Å². The number of amides is 1. The first-order valence-corrected chi connectivity index (χ1v) is 9.51. The number of carbonyl (C=O) groups excluding carboxylic acids is 2. The van der Waals surface area contributed by atoms with Gasteiger partial charge in [0.05, 0.1) is 11.6 Å². The van der Waals surface area contributed by atoms with E-state index < -0.39 is 0 Å². The van der Waals surface area contributed by atoms with E-state index >= 15 is 0 Å². The van der Waals surface area contributed by atoms with Crippen LogP contribution in [0.4, 0.5) is 0 Å². The SMILES string of the molecule is CC(=O)c1cccc(OCC2CC(C(=O)NC3CCOC(C)(C)C3)NN2)c1. The Labute approximate surface area is 160 Å². The molecule has 3 atom stereocenters. The highest BCUT2D eigenvalue weighted by molar-refractivity contribution is 5.94. The molecule has 2 saturated heterocycles. The van der Waals surface area contributed by atoms with Crippen LogP contribution < -0.4 is 20.9 Å². The quantitative estimate of drug-likeness (QED) is 0.654. The number of hydrogen-bond acceptors (Lipinski definition) is 6. The highest BCUT2D eigenvalue weighted by Gasteiger charge is 2.34. The topological polar surface area (TPSA) is 88.7 Å². The molecule has 7 heteroatoms. The number of rotatable bonds is 6. The van der Waals surface area contributed by atoms with E-state index in [4.69, 9.17) is 9.47 Å². The number of nitrogens with one attached hydrogen (secondary N) is 3. The summed E-state index contributed by atoms with van der Waals surface area (Å²) in [7, 11) is 0. The molecule has 2 aliphatic rings. The van der Waals surface area contributed by atoms with E-state index in [0.29, 0.717) is 30.9 Å². The van der Waals surface area contributed by atoms with Gasteiger partial charge in [0, 0.05) is 18.2 Å². The average Bonchev–Trinajstić information content (AvgIpc) is 3.08. The van der Waals surface area contributed by atoms with Crippen molar-refractivity contribution in [3.8, 4) is 5.75 Å². The van der Waals surface area contributed by atoms with Crippen molar-refractivity contribution >= 4 is 11.7 Å². The van der Waals surface area contributed by atoms with Gasteiger partial charge in [0.2, 0.25) is 5.91 Å². The second-order valence-corrected chi connectivity index (χ2v) is 7.98. The van der Waals surface area contributed by atoms with Crippen molar-refractivity contribution in [2.75, 3.05) is 13.2 Å². The fraction of sp³-hybridized carbons (Fsp3) is 0.600. The Balaban J connectivity index is 1.45. The van der Waals surface area contributed by atoms with E-state index in [2.05, 4.69) is 30.0 Å². The van der Waals surface area contributed by atoms with Gasteiger partial charge < -0.3 is 14.8 Å². The third kappa shape index (κ3) is 5.51. The minimum absolute atomic E-state index is 0.00581. The summed E-state index contributed by atoms with van der Waals surface area (Å²) in [5.74, 6) is 0.669. The zero-order valence-electron chi connectivity index (χ0n) is 16.2. The fourth-order valence-corrected chi connectivity index (χ4v) is 3.56. The predicted octanol–water partition coefficient (Wildman–Crippen LogP) is 1.58. The van der Waals surface area contributed by atoms with E-state index in [1.165, 1.54) is 6.92 Å². The minimum Gasteiger partial charge on any atom is -0.492 e. The van der Waals surface area contributed by atoms with Crippen LogP contribution in [0.15, 0.2) is 24.3 Å². The van der Waals surface area contributed by atoms with E-state index in [-0.39, 0.29) is 35.4 Å². The summed E-state index contributed by atoms with van der Waals surface area (Å²) >= 11 is 0. The lowest BCUT2D eigenvalue weighted by atomic mass is 9.93. The van der Waals surface area contributed by atoms with E-state index in [9.17, 15) is 9.59 Å². The van der Waals surface area contributed by atoms with Crippen LogP contribution in [0.3, 0.4) is 0 Å². The minimum atomic E-state index is -0.284. The molecule has 0 saturated carbocycles. The normalized spacial score (nSPS) is 27.1. The van der Waals surface area contributed by atoms with Crippen molar-refractivity contribution in [3.05, 3.63) is 29.8 Å². The average molecular weight is 375 g/mol. The Bertz CT molecular complexity index is 692. The van der Waals surface area contributed by atoms with Gasteiger partial charge in [0.1, 0.15) is 18.4 Å². The molecule has 0 aromatic heterocycles. The summed E-state index contributed by atoms with van der Waals surface area (Å²) in [4.78, 5) is 24.0. The van der Waals surface area contributed by atoms with E-state index in [1.54, 1.807) is 18.2 Å². The molecule has 2 aliphatic heterocycles. The van der Waals surface area contributed by atoms with E-state index in [0.717, 1.165) is 12.8 Å². The molecule has 7 nitrogen and oxygen atoms in total. The predicted molar refractivity (Wildman–Crippen MR) is 102 cm³/mol. The molecule has 1 aromatic carbocycles. The van der Waals surface area contributed by atoms with Gasteiger partial charge in [0.25, 0.3) is 0 Å². The van der Waals surface area contributed by atoms with Gasteiger partial charge in [-0.25, -0.2) is 5.43 Å². The highest BCUT2D eigenvalue weighted by Crippen LogP contribution is 2.24. The number of hydrazine groups is 1. The van der Waals surface area contributed by atoms with Crippen LogP contribution in [0.25, 0.3) is 0 Å². The molecule has 0 spiro atoms. The highest BCUT2D eigenvalue weighted by atomic mass is 16.5. The summed E-state index contributed by atoms with van der Waals surface area (Å²) in [5.41, 5.74) is 6.61. The molecule has 1 amide bonds. The van der Waals surface area contributed by atoms with Gasteiger partial charge in [-0.15, -0.1) is 0 Å². The standard InChI is InChI=1S/C20H29N3O4/c1-13(24)14-5-4-6-17(9-14)26-12-16-10-18(23-22-16)19(25)21-15-7-8-27-20(2,3)11-15/h4-6,9,15-16,18,22-23H,7-8,10-12H2,1-3H3,(H,21,25). The molecule has 3 N–H and O–H groups in total. The van der Waals surface area contributed by atoms with Crippen molar-refractivity contribution in [2.24, 2.45) is 0 Å². The molecule has 2 heterocycles. The van der Waals surface area contributed by atoms with Gasteiger partial charge in [-0.05, 0) is 52.2 Å². The first-order chi connectivity index (χ1) is 12.8. The second kappa shape index (κ2) is 8.37. The smallest absolute Gasteiger partial charge is 0.238 e. The van der Waals surface area contributed by atoms with E-state index in [1.807, 2.05) is 6.07 Å². The van der Waals surface area contributed by atoms with Gasteiger partial charge in [-0.2, -0.15) is 0 Å². The molecule has 3 unspecified atom stereocenters. The maximum Gasteiger partial charge on any atom is 0.238 e. The summed E-state index contributed by atoms with van der Waals surface area (Å²) in [6.45, 7) is 6.72. The molecule has 3 rings (SSSR count). The Hall–Kier alpha value is -1.96. The summed E-state index contributed by atoms with van der Waals surface area (Å²) < 4.78 is 11.5. The van der Waals surface area contributed by atoms with Crippen molar-refractivity contribution < 1.29 is 19.1 Å². The van der Waals surface area contributed by atoms with Gasteiger partial charge in [-0.3, -0.25) is 15.0 Å². The molecule has 0 bridgehead atoms.